The Kier molecular flexibility index (Phi) is 4.52. The van der Waals surface area contributed by atoms with E-state index in [9.17, 15) is 8.42 Å². The molecule has 1 atom stereocenters. The average molecular weight is 397 g/mol. The fourth-order valence-electron chi connectivity index (χ4n) is 2.18. The minimum absolute atomic E-state index is 0.339. The van der Waals surface area contributed by atoms with Crippen molar-refractivity contribution in [2.75, 3.05) is 13.1 Å². The summed E-state index contributed by atoms with van der Waals surface area (Å²) in [5.74, 6) is 0.430. The highest BCUT2D eigenvalue weighted by Crippen LogP contribution is 2.30. The fourth-order valence-corrected chi connectivity index (χ4v) is 5.24. The molecule has 0 N–H and O–H groups in total. The molecule has 0 saturated carbocycles. The van der Waals surface area contributed by atoms with E-state index in [2.05, 4.69) is 38.8 Å². The Labute approximate surface area is 125 Å². The summed E-state index contributed by atoms with van der Waals surface area (Å²) >= 11 is 6.64. The Morgan fingerprint density at radius 1 is 1.33 bits per heavy atom. The third kappa shape index (κ3) is 2.98. The molecule has 6 heteroatoms. The van der Waals surface area contributed by atoms with Gasteiger partial charge in [0.25, 0.3) is 0 Å². The van der Waals surface area contributed by atoms with Crippen LogP contribution in [0.5, 0.6) is 0 Å². The first-order chi connectivity index (χ1) is 8.41. The monoisotopic (exact) mass is 395 g/mol. The lowest BCUT2D eigenvalue weighted by Crippen LogP contribution is -2.39. The van der Waals surface area contributed by atoms with Crippen LogP contribution < -0.4 is 0 Å². The van der Waals surface area contributed by atoms with Gasteiger partial charge in [0, 0.05) is 22.0 Å². The summed E-state index contributed by atoms with van der Waals surface area (Å²) in [6.07, 6.45) is 2.04. The molecule has 100 valence electrons. The molecule has 1 aliphatic heterocycles. The molecule has 0 spiro atoms. The molecule has 0 radical (unpaired) electrons. The van der Waals surface area contributed by atoms with Crippen LogP contribution in [0.3, 0.4) is 0 Å². The standard InChI is InChI=1S/C12H15Br2NO2S/c1-9-3-2-6-15(8-9)18(16,17)12-7-10(13)4-5-11(12)14/h4-5,7,9H,2-3,6,8H2,1H3/t9-/m1/s1. The highest BCUT2D eigenvalue weighted by atomic mass is 79.9. The van der Waals surface area contributed by atoms with Gasteiger partial charge in [-0.25, -0.2) is 8.42 Å². The van der Waals surface area contributed by atoms with Crippen LogP contribution in [-0.2, 0) is 10.0 Å². The quantitative estimate of drug-likeness (QED) is 0.765. The van der Waals surface area contributed by atoms with E-state index >= 15 is 0 Å². The van der Waals surface area contributed by atoms with Gasteiger partial charge in [-0.3, -0.25) is 0 Å². The molecule has 3 nitrogen and oxygen atoms in total. The van der Waals surface area contributed by atoms with Gasteiger partial charge >= 0.3 is 0 Å². The van der Waals surface area contributed by atoms with Crippen molar-refractivity contribution >= 4 is 41.9 Å². The van der Waals surface area contributed by atoms with Crippen molar-refractivity contribution < 1.29 is 8.42 Å². The summed E-state index contributed by atoms with van der Waals surface area (Å²) in [5.41, 5.74) is 0. The second kappa shape index (κ2) is 5.61. The predicted molar refractivity (Wildman–Crippen MR) is 79.0 cm³/mol. The van der Waals surface area contributed by atoms with Crippen LogP contribution in [0.2, 0.25) is 0 Å². The number of sulfonamides is 1. The topological polar surface area (TPSA) is 37.4 Å². The molecule has 1 aliphatic rings. The smallest absolute Gasteiger partial charge is 0.207 e. The summed E-state index contributed by atoms with van der Waals surface area (Å²) in [4.78, 5) is 0.339. The minimum Gasteiger partial charge on any atom is -0.207 e. The van der Waals surface area contributed by atoms with Gasteiger partial charge in [-0.2, -0.15) is 4.31 Å². The van der Waals surface area contributed by atoms with Gasteiger partial charge < -0.3 is 0 Å². The molecule has 1 saturated heterocycles. The van der Waals surface area contributed by atoms with E-state index in [1.165, 1.54) is 0 Å². The van der Waals surface area contributed by atoms with Crippen LogP contribution >= 0.6 is 31.9 Å². The molecule has 0 amide bonds. The van der Waals surface area contributed by atoms with Crippen LogP contribution in [0, 0.1) is 5.92 Å². The highest BCUT2D eigenvalue weighted by molar-refractivity contribution is 9.11. The summed E-state index contributed by atoms with van der Waals surface area (Å²) in [7, 11) is -3.39. The van der Waals surface area contributed by atoms with Crippen molar-refractivity contribution in [1.29, 1.82) is 0 Å². The van der Waals surface area contributed by atoms with Gasteiger partial charge in [0.2, 0.25) is 10.0 Å². The van der Waals surface area contributed by atoms with Crippen LogP contribution in [0.1, 0.15) is 19.8 Å². The van der Waals surface area contributed by atoms with Crippen molar-refractivity contribution in [3.63, 3.8) is 0 Å². The predicted octanol–water partition coefficient (Wildman–Crippen LogP) is 3.63. The molecule has 2 rings (SSSR count). The maximum absolute atomic E-state index is 12.6. The fraction of sp³-hybridized carbons (Fsp3) is 0.500. The Morgan fingerprint density at radius 2 is 2.06 bits per heavy atom. The first-order valence-electron chi connectivity index (χ1n) is 5.86. The molecular weight excluding hydrogens is 382 g/mol. The summed E-state index contributed by atoms with van der Waals surface area (Å²) in [5, 5.41) is 0. The van der Waals surface area contributed by atoms with Crippen molar-refractivity contribution in [3.05, 3.63) is 27.1 Å². The second-order valence-electron chi connectivity index (χ2n) is 4.69. The molecule has 0 unspecified atom stereocenters. The zero-order valence-electron chi connectivity index (χ0n) is 10.1. The minimum atomic E-state index is -3.39. The molecule has 1 aromatic carbocycles. The molecule has 1 heterocycles. The van der Waals surface area contributed by atoms with E-state index in [1.54, 1.807) is 16.4 Å². The van der Waals surface area contributed by atoms with Crippen LogP contribution in [-0.4, -0.2) is 25.8 Å². The van der Waals surface area contributed by atoms with Crippen molar-refractivity contribution in [2.45, 2.75) is 24.7 Å². The number of hydrogen-bond donors (Lipinski definition) is 0. The number of halogens is 2. The van der Waals surface area contributed by atoms with E-state index in [1.807, 2.05) is 6.07 Å². The average Bonchev–Trinajstić information content (AvgIpc) is 2.32. The molecule has 0 bridgehead atoms. The van der Waals surface area contributed by atoms with Crippen LogP contribution in [0.25, 0.3) is 0 Å². The zero-order valence-corrected chi connectivity index (χ0v) is 14.1. The summed E-state index contributed by atoms with van der Waals surface area (Å²) < 4.78 is 28.1. The SMILES string of the molecule is C[C@@H]1CCCN(S(=O)(=O)c2cc(Br)ccc2Br)C1. The summed E-state index contributed by atoms with van der Waals surface area (Å²) in [6.45, 7) is 3.32. The van der Waals surface area contributed by atoms with E-state index in [0.29, 0.717) is 28.4 Å². The van der Waals surface area contributed by atoms with Gasteiger partial charge in [0.05, 0.1) is 4.90 Å². The zero-order chi connectivity index (χ0) is 13.3. The Bertz CT molecular complexity index is 545. The lowest BCUT2D eigenvalue weighted by atomic mass is 10.0. The van der Waals surface area contributed by atoms with Crippen molar-refractivity contribution in [3.8, 4) is 0 Å². The maximum Gasteiger partial charge on any atom is 0.244 e. The maximum atomic E-state index is 12.6. The highest BCUT2D eigenvalue weighted by Gasteiger charge is 2.30. The van der Waals surface area contributed by atoms with Crippen molar-refractivity contribution in [1.82, 2.24) is 4.31 Å². The normalized spacial score (nSPS) is 22.1. The largest absolute Gasteiger partial charge is 0.244 e. The number of benzene rings is 1. The van der Waals surface area contributed by atoms with E-state index in [-0.39, 0.29) is 0 Å². The van der Waals surface area contributed by atoms with Crippen molar-refractivity contribution in [2.24, 2.45) is 5.92 Å². The Morgan fingerprint density at radius 3 is 2.72 bits per heavy atom. The van der Waals surface area contributed by atoms with Gasteiger partial charge in [0.1, 0.15) is 0 Å². The molecule has 0 aliphatic carbocycles. The number of nitrogens with zero attached hydrogens (tertiary/aromatic N) is 1. The second-order valence-corrected chi connectivity index (χ2v) is 8.36. The molecule has 18 heavy (non-hydrogen) atoms. The van der Waals surface area contributed by atoms with E-state index < -0.39 is 10.0 Å². The lowest BCUT2D eigenvalue weighted by molar-refractivity contribution is 0.281. The molecule has 1 aromatic rings. The molecule has 1 fully saturated rings. The Hall–Kier alpha value is 0.0900. The van der Waals surface area contributed by atoms with E-state index in [0.717, 1.165) is 17.3 Å². The first-order valence-corrected chi connectivity index (χ1v) is 8.89. The molecule has 0 aromatic heterocycles. The van der Waals surface area contributed by atoms with Crippen LogP contribution in [0.4, 0.5) is 0 Å². The Balaban J connectivity index is 2.38. The molecular formula is C12H15Br2NO2S. The summed E-state index contributed by atoms with van der Waals surface area (Å²) in [6, 6.07) is 5.23. The van der Waals surface area contributed by atoms with Crippen LogP contribution in [0.15, 0.2) is 32.0 Å². The number of piperidine rings is 1. The van der Waals surface area contributed by atoms with Gasteiger partial charge in [-0.1, -0.05) is 22.9 Å². The lowest BCUT2D eigenvalue weighted by Gasteiger charge is -2.30. The van der Waals surface area contributed by atoms with Gasteiger partial charge in [-0.15, -0.1) is 0 Å². The third-order valence-corrected chi connectivity index (χ3v) is 6.48. The van der Waals surface area contributed by atoms with Gasteiger partial charge in [0.15, 0.2) is 0 Å². The first kappa shape index (κ1) is 14.5. The number of rotatable bonds is 2. The number of hydrogen-bond acceptors (Lipinski definition) is 2. The van der Waals surface area contributed by atoms with Gasteiger partial charge in [-0.05, 0) is 52.9 Å². The third-order valence-electron chi connectivity index (χ3n) is 3.13. The van der Waals surface area contributed by atoms with E-state index in [4.69, 9.17) is 0 Å².